The first kappa shape index (κ1) is 13.4. The van der Waals surface area contributed by atoms with E-state index < -0.39 is 0 Å². The molecule has 0 spiro atoms. The van der Waals surface area contributed by atoms with Gasteiger partial charge in [-0.05, 0) is 18.7 Å². The molecule has 1 aromatic rings. The van der Waals surface area contributed by atoms with Gasteiger partial charge < -0.3 is 10.2 Å². The molecule has 4 heteroatoms. The van der Waals surface area contributed by atoms with Crippen molar-refractivity contribution < 1.29 is 0 Å². The van der Waals surface area contributed by atoms with Gasteiger partial charge in [0, 0.05) is 19.6 Å². The lowest BCUT2D eigenvalue weighted by Gasteiger charge is -2.19. The lowest BCUT2D eigenvalue weighted by molar-refractivity contribution is 0.696. The van der Waals surface area contributed by atoms with Gasteiger partial charge in [0.1, 0.15) is 0 Å². The molecule has 0 fully saturated rings. The SMILES string of the molecule is C=CCN(CC=C)c1ccc(CNCC)nn1. The Bertz CT molecular complexity index is 335. The average molecular weight is 232 g/mol. The van der Waals surface area contributed by atoms with Crippen molar-refractivity contribution >= 4 is 5.82 Å². The van der Waals surface area contributed by atoms with E-state index in [9.17, 15) is 0 Å². The number of hydrogen-bond donors (Lipinski definition) is 1. The molecule has 0 saturated carbocycles. The quantitative estimate of drug-likeness (QED) is 0.693. The molecular weight excluding hydrogens is 212 g/mol. The van der Waals surface area contributed by atoms with Crippen LogP contribution in [-0.4, -0.2) is 29.8 Å². The summed E-state index contributed by atoms with van der Waals surface area (Å²) in [6.45, 7) is 12.7. The van der Waals surface area contributed by atoms with E-state index in [0.29, 0.717) is 0 Å². The largest absolute Gasteiger partial charge is 0.348 e. The van der Waals surface area contributed by atoms with Crippen LogP contribution in [0.2, 0.25) is 0 Å². The van der Waals surface area contributed by atoms with Crippen LogP contribution in [0.15, 0.2) is 37.4 Å². The zero-order valence-electron chi connectivity index (χ0n) is 10.4. The molecule has 1 rings (SSSR count). The van der Waals surface area contributed by atoms with Gasteiger partial charge in [-0.1, -0.05) is 19.1 Å². The fraction of sp³-hybridized carbons (Fsp3) is 0.385. The molecule has 1 heterocycles. The van der Waals surface area contributed by atoms with E-state index in [0.717, 1.165) is 37.7 Å². The monoisotopic (exact) mass is 232 g/mol. The van der Waals surface area contributed by atoms with Crippen molar-refractivity contribution in [2.75, 3.05) is 24.5 Å². The summed E-state index contributed by atoms with van der Waals surface area (Å²) in [5.74, 6) is 0.852. The molecule has 0 aliphatic carbocycles. The first-order valence-corrected chi connectivity index (χ1v) is 5.81. The maximum absolute atomic E-state index is 4.21. The van der Waals surface area contributed by atoms with Gasteiger partial charge in [-0.3, -0.25) is 0 Å². The van der Waals surface area contributed by atoms with Crippen LogP contribution >= 0.6 is 0 Å². The van der Waals surface area contributed by atoms with Crippen LogP contribution < -0.4 is 10.2 Å². The first-order valence-electron chi connectivity index (χ1n) is 5.81. The third-order valence-electron chi connectivity index (χ3n) is 2.28. The molecule has 0 unspecified atom stereocenters. The second-order valence-electron chi connectivity index (χ2n) is 3.65. The molecule has 0 aliphatic heterocycles. The van der Waals surface area contributed by atoms with Crippen molar-refractivity contribution in [3.63, 3.8) is 0 Å². The van der Waals surface area contributed by atoms with Crippen LogP contribution in [-0.2, 0) is 6.54 Å². The molecule has 1 aromatic heterocycles. The highest BCUT2D eigenvalue weighted by molar-refractivity contribution is 5.38. The van der Waals surface area contributed by atoms with Gasteiger partial charge >= 0.3 is 0 Å². The number of anilines is 1. The first-order chi connectivity index (χ1) is 8.31. The fourth-order valence-corrected chi connectivity index (χ4v) is 1.44. The van der Waals surface area contributed by atoms with E-state index in [1.807, 2.05) is 24.3 Å². The van der Waals surface area contributed by atoms with Crippen LogP contribution in [0.3, 0.4) is 0 Å². The van der Waals surface area contributed by atoms with Crippen molar-refractivity contribution in [3.05, 3.63) is 43.1 Å². The summed E-state index contributed by atoms with van der Waals surface area (Å²) in [5.41, 5.74) is 0.952. The molecule has 0 saturated heterocycles. The van der Waals surface area contributed by atoms with Crippen molar-refractivity contribution in [2.45, 2.75) is 13.5 Å². The predicted octanol–water partition coefficient (Wildman–Crippen LogP) is 1.76. The molecule has 0 bridgehead atoms. The second-order valence-corrected chi connectivity index (χ2v) is 3.65. The van der Waals surface area contributed by atoms with E-state index in [2.05, 4.69) is 40.5 Å². The maximum atomic E-state index is 4.21. The Morgan fingerprint density at radius 3 is 2.41 bits per heavy atom. The van der Waals surface area contributed by atoms with Crippen LogP contribution in [0.5, 0.6) is 0 Å². The Balaban J connectivity index is 2.69. The Hall–Kier alpha value is -1.68. The molecule has 0 amide bonds. The van der Waals surface area contributed by atoms with Gasteiger partial charge in [0.05, 0.1) is 5.69 Å². The molecule has 0 aromatic carbocycles. The standard InChI is InChI=1S/C13H20N4/c1-4-9-17(10-5-2)13-8-7-12(15-16-13)11-14-6-3/h4-5,7-8,14H,1-2,6,9-11H2,3H3. The molecule has 17 heavy (non-hydrogen) atoms. The smallest absolute Gasteiger partial charge is 0.151 e. The van der Waals surface area contributed by atoms with Gasteiger partial charge in [-0.25, -0.2) is 0 Å². The van der Waals surface area contributed by atoms with Gasteiger partial charge in [0.2, 0.25) is 0 Å². The minimum Gasteiger partial charge on any atom is -0.348 e. The molecular formula is C13H20N4. The van der Waals surface area contributed by atoms with Gasteiger partial charge in [0.15, 0.2) is 5.82 Å². The molecule has 0 atom stereocenters. The highest BCUT2D eigenvalue weighted by Crippen LogP contribution is 2.09. The zero-order chi connectivity index (χ0) is 12.5. The van der Waals surface area contributed by atoms with E-state index in [4.69, 9.17) is 0 Å². The number of nitrogens with zero attached hydrogens (tertiary/aromatic N) is 3. The van der Waals surface area contributed by atoms with Crippen molar-refractivity contribution in [1.29, 1.82) is 0 Å². The topological polar surface area (TPSA) is 41.0 Å². The molecule has 0 aliphatic rings. The molecule has 0 radical (unpaired) electrons. The van der Waals surface area contributed by atoms with Crippen LogP contribution in [0.1, 0.15) is 12.6 Å². The third-order valence-corrected chi connectivity index (χ3v) is 2.28. The summed E-state index contributed by atoms with van der Waals surface area (Å²) < 4.78 is 0. The number of nitrogens with one attached hydrogen (secondary N) is 1. The number of rotatable bonds is 8. The molecule has 92 valence electrons. The summed E-state index contributed by atoms with van der Waals surface area (Å²) in [7, 11) is 0. The second kappa shape index (κ2) is 7.57. The average Bonchev–Trinajstić information content (AvgIpc) is 2.37. The van der Waals surface area contributed by atoms with Gasteiger partial charge in [-0.2, -0.15) is 5.10 Å². The third kappa shape index (κ3) is 4.36. The van der Waals surface area contributed by atoms with E-state index >= 15 is 0 Å². The van der Waals surface area contributed by atoms with Gasteiger partial charge in [-0.15, -0.1) is 18.3 Å². The van der Waals surface area contributed by atoms with Crippen LogP contribution in [0.25, 0.3) is 0 Å². The number of hydrogen-bond acceptors (Lipinski definition) is 4. The van der Waals surface area contributed by atoms with Crippen molar-refractivity contribution in [3.8, 4) is 0 Å². The Kier molecular flexibility index (Phi) is 5.96. The summed E-state index contributed by atoms with van der Waals surface area (Å²) in [4.78, 5) is 2.06. The highest BCUT2D eigenvalue weighted by atomic mass is 15.3. The Labute approximate surface area is 103 Å². The fourth-order valence-electron chi connectivity index (χ4n) is 1.44. The predicted molar refractivity (Wildman–Crippen MR) is 72.0 cm³/mol. The van der Waals surface area contributed by atoms with Crippen LogP contribution in [0.4, 0.5) is 5.82 Å². The summed E-state index contributed by atoms with van der Waals surface area (Å²) in [6, 6.07) is 3.97. The zero-order valence-corrected chi connectivity index (χ0v) is 10.4. The summed E-state index contributed by atoms with van der Waals surface area (Å²) >= 11 is 0. The van der Waals surface area contributed by atoms with Crippen LogP contribution in [0, 0.1) is 0 Å². The lowest BCUT2D eigenvalue weighted by atomic mass is 10.3. The van der Waals surface area contributed by atoms with Crippen molar-refractivity contribution in [1.82, 2.24) is 15.5 Å². The van der Waals surface area contributed by atoms with Gasteiger partial charge in [0.25, 0.3) is 0 Å². The minimum atomic E-state index is 0.743. The Morgan fingerprint density at radius 1 is 1.24 bits per heavy atom. The summed E-state index contributed by atoms with van der Waals surface area (Å²) in [6.07, 6.45) is 3.69. The number of aromatic nitrogens is 2. The van der Waals surface area contributed by atoms with E-state index in [1.54, 1.807) is 0 Å². The van der Waals surface area contributed by atoms with Crippen molar-refractivity contribution in [2.24, 2.45) is 0 Å². The van der Waals surface area contributed by atoms with E-state index in [1.165, 1.54) is 0 Å². The normalized spacial score (nSPS) is 9.94. The summed E-state index contributed by atoms with van der Waals surface area (Å²) in [5, 5.41) is 11.6. The molecule has 1 N–H and O–H groups in total. The maximum Gasteiger partial charge on any atom is 0.151 e. The van der Waals surface area contributed by atoms with E-state index in [-0.39, 0.29) is 0 Å². The minimum absolute atomic E-state index is 0.743. The highest BCUT2D eigenvalue weighted by Gasteiger charge is 2.05. The molecule has 4 nitrogen and oxygen atoms in total. The Morgan fingerprint density at radius 2 is 1.94 bits per heavy atom. The lowest BCUT2D eigenvalue weighted by Crippen LogP contribution is -2.24.